The van der Waals surface area contributed by atoms with E-state index < -0.39 is 5.69 Å². The molecular formula is C26H16N2O2S. The van der Waals surface area contributed by atoms with Gasteiger partial charge in [-0.05, 0) is 40.6 Å². The number of aromatic nitrogens is 2. The van der Waals surface area contributed by atoms with Crippen LogP contribution in [0.1, 0.15) is 0 Å². The minimum atomic E-state index is -0.443. The number of H-pyrrole nitrogens is 1. The predicted octanol–water partition coefficient (Wildman–Crippen LogP) is 5.71. The molecule has 0 aliphatic heterocycles. The van der Waals surface area contributed by atoms with E-state index in [1.807, 2.05) is 60.7 Å². The molecule has 5 heteroatoms. The Balaban J connectivity index is 1.59. The van der Waals surface area contributed by atoms with E-state index in [2.05, 4.69) is 22.5 Å². The lowest BCUT2D eigenvalue weighted by Crippen LogP contribution is -2.33. The lowest BCUT2D eigenvalue weighted by molar-refractivity contribution is 0.908. The van der Waals surface area contributed by atoms with Crippen molar-refractivity contribution in [3.05, 3.63) is 111 Å². The van der Waals surface area contributed by atoms with Crippen LogP contribution in [-0.2, 0) is 0 Å². The second kappa shape index (κ2) is 6.79. The molecule has 148 valence electrons. The maximum Gasteiger partial charge on any atom is 0.333 e. The van der Waals surface area contributed by atoms with E-state index in [0.717, 1.165) is 21.9 Å². The van der Waals surface area contributed by atoms with Crippen molar-refractivity contribution in [1.29, 1.82) is 0 Å². The van der Waals surface area contributed by atoms with Crippen molar-refractivity contribution < 1.29 is 0 Å². The van der Waals surface area contributed by atoms with Gasteiger partial charge in [-0.15, -0.1) is 11.3 Å². The Hall–Kier alpha value is -3.96. The largest absolute Gasteiger partial charge is 0.333 e. The highest BCUT2D eigenvalue weighted by Gasteiger charge is 2.14. The van der Waals surface area contributed by atoms with Crippen molar-refractivity contribution in [2.75, 3.05) is 0 Å². The van der Waals surface area contributed by atoms with Crippen LogP contribution in [0.3, 0.4) is 0 Å². The van der Waals surface area contributed by atoms with Gasteiger partial charge in [-0.1, -0.05) is 60.7 Å². The first-order valence-electron chi connectivity index (χ1n) is 9.94. The van der Waals surface area contributed by atoms with E-state index in [1.54, 1.807) is 23.5 Å². The first-order chi connectivity index (χ1) is 15.2. The fourth-order valence-electron chi connectivity index (χ4n) is 4.21. The number of hydrogen-bond acceptors (Lipinski definition) is 3. The molecule has 0 fully saturated rings. The third-order valence-corrected chi connectivity index (χ3v) is 6.66. The number of thiophene rings is 1. The van der Waals surface area contributed by atoms with E-state index in [0.29, 0.717) is 16.6 Å². The quantitative estimate of drug-likeness (QED) is 0.390. The number of aromatic amines is 1. The minimum Gasteiger partial charge on any atom is -0.306 e. The third-order valence-electron chi connectivity index (χ3n) is 5.70. The van der Waals surface area contributed by atoms with Crippen molar-refractivity contribution in [3.63, 3.8) is 0 Å². The number of hydrogen-bond donors (Lipinski definition) is 1. The molecule has 0 aliphatic rings. The Kier molecular flexibility index (Phi) is 3.91. The number of rotatable bonds is 2. The van der Waals surface area contributed by atoms with Gasteiger partial charge in [0.15, 0.2) is 0 Å². The second-order valence-electron chi connectivity index (χ2n) is 7.47. The Bertz CT molecular complexity index is 1740. The second-order valence-corrected chi connectivity index (χ2v) is 8.39. The van der Waals surface area contributed by atoms with E-state index >= 15 is 0 Å². The summed E-state index contributed by atoms with van der Waals surface area (Å²) in [6, 6.07) is 27.2. The molecule has 2 aromatic heterocycles. The molecule has 1 N–H and O–H groups in total. The standard InChI is InChI=1S/C26H16N2O2S/c29-25-20-13-12-17(21-15-31-24-11-4-3-9-19(21)24)14-22(20)27-26(30)28(25)23-10-5-7-16-6-1-2-8-18(16)23/h1-15H,(H,27,30). The molecule has 0 radical (unpaired) electrons. The van der Waals surface area contributed by atoms with Gasteiger partial charge in [0.05, 0.1) is 16.6 Å². The molecule has 0 atom stereocenters. The first kappa shape index (κ1) is 17.9. The molecule has 4 nitrogen and oxygen atoms in total. The predicted molar refractivity (Wildman–Crippen MR) is 128 cm³/mol. The van der Waals surface area contributed by atoms with Crippen LogP contribution in [0.15, 0.2) is 99.9 Å². The molecule has 6 aromatic rings. The summed E-state index contributed by atoms with van der Waals surface area (Å²) < 4.78 is 2.43. The zero-order chi connectivity index (χ0) is 20.9. The molecule has 0 unspecified atom stereocenters. The van der Waals surface area contributed by atoms with Gasteiger partial charge in [0.2, 0.25) is 0 Å². The van der Waals surface area contributed by atoms with Gasteiger partial charge < -0.3 is 4.98 Å². The van der Waals surface area contributed by atoms with Crippen LogP contribution in [0.25, 0.3) is 48.6 Å². The van der Waals surface area contributed by atoms with Crippen molar-refractivity contribution in [1.82, 2.24) is 9.55 Å². The summed E-state index contributed by atoms with van der Waals surface area (Å²) in [5, 5.41) is 5.60. The average molecular weight is 420 g/mol. The lowest BCUT2D eigenvalue weighted by atomic mass is 10.0. The van der Waals surface area contributed by atoms with E-state index in [4.69, 9.17) is 0 Å². The summed E-state index contributed by atoms with van der Waals surface area (Å²) in [7, 11) is 0. The highest BCUT2D eigenvalue weighted by atomic mass is 32.1. The Morgan fingerprint density at radius 2 is 1.52 bits per heavy atom. The molecule has 0 aliphatic carbocycles. The highest BCUT2D eigenvalue weighted by Crippen LogP contribution is 2.34. The van der Waals surface area contributed by atoms with Crippen molar-refractivity contribution >= 4 is 43.1 Å². The van der Waals surface area contributed by atoms with Gasteiger partial charge >= 0.3 is 5.69 Å². The van der Waals surface area contributed by atoms with E-state index in [9.17, 15) is 9.59 Å². The van der Waals surface area contributed by atoms with Crippen LogP contribution in [0, 0.1) is 0 Å². The van der Waals surface area contributed by atoms with Gasteiger partial charge in [0.25, 0.3) is 5.56 Å². The topological polar surface area (TPSA) is 54.9 Å². The maximum absolute atomic E-state index is 13.3. The zero-order valence-corrected chi connectivity index (χ0v) is 17.1. The smallest absolute Gasteiger partial charge is 0.306 e. The summed E-state index contributed by atoms with van der Waals surface area (Å²) in [6.07, 6.45) is 0. The van der Waals surface area contributed by atoms with Crippen LogP contribution >= 0.6 is 11.3 Å². The van der Waals surface area contributed by atoms with E-state index in [1.165, 1.54) is 14.7 Å². The normalized spacial score (nSPS) is 11.5. The first-order valence-corrected chi connectivity index (χ1v) is 10.8. The molecule has 0 saturated carbocycles. The van der Waals surface area contributed by atoms with E-state index in [-0.39, 0.29) is 5.56 Å². The minimum absolute atomic E-state index is 0.322. The van der Waals surface area contributed by atoms with Gasteiger partial charge in [-0.2, -0.15) is 0 Å². The number of nitrogens with zero attached hydrogens (tertiary/aromatic N) is 1. The monoisotopic (exact) mass is 420 g/mol. The zero-order valence-electron chi connectivity index (χ0n) is 16.3. The van der Waals surface area contributed by atoms with Gasteiger partial charge in [-0.25, -0.2) is 9.36 Å². The summed E-state index contributed by atoms with van der Waals surface area (Å²) >= 11 is 1.68. The summed E-state index contributed by atoms with van der Waals surface area (Å²) in [5.41, 5.74) is 2.43. The summed E-state index contributed by atoms with van der Waals surface area (Å²) in [4.78, 5) is 29.3. The Morgan fingerprint density at radius 3 is 2.42 bits per heavy atom. The van der Waals surface area contributed by atoms with Crippen LogP contribution in [0.4, 0.5) is 0 Å². The van der Waals surface area contributed by atoms with Crippen molar-refractivity contribution in [3.8, 4) is 16.8 Å². The summed E-state index contributed by atoms with van der Waals surface area (Å²) in [5.74, 6) is 0. The molecule has 31 heavy (non-hydrogen) atoms. The molecule has 4 aromatic carbocycles. The molecule has 0 saturated heterocycles. The molecule has 0 amide bonds. The molecule has 0 spiro atoms. The lowest BCUT2D eigenvalue weighted by Gasteiger charge is -2.10. The highest BCUT2D eigenvalue weighted by molar-refractivity contribution is 7.17. The number of fused-ring (bicyclic) bond motifs is 3. The van der Waals surface area contributed by atoms with Gasteiger partial charge in [-0.3, -0.25) is 4.79 Å². The number of nitrogens with one attached hydrogen (secondary N) is 1. The van der Waals surface area contributed by atoms with Crippen LogP contribution in [0.5, 0.6) is 0 Å². The molecule has 6 rings (SSSR count). The SMILES string of the molecule is O=c1[nH]c2cc(-c3csc4ccccc34)ccc2c(=O)n1-c1cccc2ccccc12. The molecule has 0 bridgehead atoms. The van der Waals surface area contributed by atoms with Crippen LogP contribution < -0.4 is 11.2 Å². The van der Waals surface area contributed by atoms with Crippen molar-refractivity contribution in [2.45, 2.75) is 0 Å². The molecular weight excluding hydrogens is 404 g/mol. The van der Waals surface area contributed by atoms with Crippen molar-refractivity contribution in [2.24, 2.45) is 0 Å². The fraction of sp³-hybridized carbons (Fsp3) is 0. The third kappa shape index (κ3) is 2.75. The van der Waals surface area contributed by atoms with Crippen LogP contribution in [-0.4, -0.2) is 9.55 Å². The van der Waals surface area contributed by atoms with Gasteiger partial charge in [0, 0.05) is 21.0 Å². The summed E-state index contributed by atoms with van der Waals surface area (Å²) in [6.45, 7) is 0. The average Bonchev–Trinajstić information content (AvgIpc) is 3.23. The molecule has 2 heterocycles. The Morgan fingerprint density at radius 1 is 0.742 bits per heavy atom. The van der Waals surface area contributed by atoms with Crippen LogP contribution in [0.2, 0.25) is 0 Å². The fourth-order valence-corrected chi connectivity index (χ4v) is 5.18. The Labute approximate surface area is 180 Å². The van der Waals surface area contributed by atoms with Gasteiger partial charge in [0.1, 0.15) is 0 Å². The number of benzene rings is 4. The maximum atomic E-state index is 13.3.